The summed E-state index contributed by atoms with van der Waals surface area (Å²) in [4.78, 5) is 13.2. The Labute approximate surface area is 95.3 Å². The summed E-state index contributed by atoms with van der Waals surface area (Å²) in [7, 11) is 0. The lowest BCUT2D eigenvalue weighted by molar-refractivity contribution is -0.0748. The van der Waals surface area contributed by atoms with Crippen molar-refractivity contribution in [2.24, 2.45) is 0 Å². The second-order valence-electron chi connectivity index (χ2n) is 4.29. The second-order valence-corrected chi connectivity index (χ2v) is 4.66. The highest BCUT2D eigenvalue weighted by Crippen LogP contribution is 2.37. The Hall–Kier alpha value is -0.260. The van der Waals surface area contributed by atoms with E-state index in [4.69, 9.17) is 9.47 Å². The van der Waals surface area contributed by atoms with Gasteiger partial charge in [-0.05, 0) is 19.3 Å². The van der Waals surface area contributed by atoms with Crippen molar-refractivity contribution in [2.45, 2.75) is 24.9 Å². The van der Waals surface area contributed by atoms with E-state index in [1.54, 1.807) is 0 Å². The van der Waals surface area contributed by atoms with Gasteiger partial charge < -0.3 is 9.47 Å². The molecule has 0 amide bonds. The van der Waals surface area contributed by atoms with Crippen molar-refractivity contribution in [3.8, 4) is 0 Å². The largest absolute Gasteiger partial charge is 0.450 e. The lowest BCUT2D eigenvalue weighted by atomic mass is 9.79. The molecule has 5 heteroatoms. The standard InChI is InChI=1S/C10H17NO3S/c12-9(15)14-10(2-1-3-10)8-11-4-6-13-7-5-11/h1-8H2,(H,12,15). The van der Waals surface area contributed by atoms with Gasteiger partial charge in [0.25, 0.3) is 0 Å². The molecule has 86 valence electrons. The highest BCUT2D eigenvalue weighted by molar-refractivity contribution is 7.96. The number of morpholine rings is 1. The molecule has 0 spiro atoms. The van der Waals surface area contributed by atoms with E-state index in [1.807, 2.05) is 0 Å². The molecule has 0 radical (unpaired) electrons. The van der Waals surface area contributed by atoms with Crippen molar-refractivity contribution in [1.82, 2.24) is 4.90 Å². The topological polar surface area (TPSA) is 38.8 Å². The van der Waals surface area contributed by atoms with Crippen LogP contribution < -0.4 is 0 Å². The molecule has 15 heavy (non-hydrogen) atoms. The molecule has 0 aromatic carbocycles. The Bertz CT molecular complexity index is 237. The molecular weight excluding hydrogens is 214 g/mol. The molecule has 0 unspecified atom stereocenters. The molecule has 0 N–H and O–H groups in total. The first-order valence-corrected chi connectivity index (χ1v) is 5.87. The summed E-state index contributed by atoms with van der Waals surface area (Å²) < 4.78 is 10.6. The zero-order valence-electron chi connectivity index (χ0n) is 8.78. The van der Waals surface area contributed by atoms with Crippen LogP contribution in [0.4, 0.5) is 4.79 Å². The van der Waals surface area contributed by atoms with Crippen LogP contribution in [0.3, 0.4) is 0 Å². The van der Waals surface area contributed by atoms with Gasteiger partial charge in [-0.2, -0.15) is 0 Å². The SMILES string of the molecule is O=C(S)OC1(CN2CCOCC2)CCC1. The minimum atomic E-state index is -0.456. The maximum Gasteiger partial charge on any atom is 0.364 e. The van der Waals surface area contributed by atoms with Gasteiger partial charge >= 0.3 is 5.30 Å². The average Bonchev–Trinajstić information content (AvgIpc) is 2.15. The molecule has 1 aliphatic carbocycles. The number of carbonyl (C=O) groups excluding carboxylic acids is 1. The fourth-order valence-corrected chi connectivity index (χ4v) is 2.41. The molecule has 2 fully saturated rings. The van der Waals surface area contributed by atoms with Crippen LogP contribution in [-0.2, 0) is 9.47 Å². The van der Waals surface area contributed by atoms with E-state index < -0.39 is 5.30 Å². The summed E-state index contributed by atoms with van der Waals surface area (Å²) in [6, 6.07) is 0. The van der Waals surface area contributed by atoms with Crippen LogP contribution in [0.25, 0.3) is 0 Å². The van der Waals surface area contributed by atoms with Crippen LogP contribution in [0.5, 0.6) is 0 Å². The maximum absolute atomic E-state index is 10.9. The van der Waals surface area contributed by atoms with E-state index in [-0.39, 0.29) is 5.60 Å². The highest BCUT2D eigenvalue weighted by Gasteiger charge is 2.42. The van der Waals surface area contributed by atoms with Gasteiger partial charge in [-0.1, -0.05) is 12.6 Å². The second kappa shape index (κ2) is 4.72. The van der Waals surface area contributed by atoms with Gasteiger partial charge in [0, 0.05) is 19.6 Å². The molecule has 0 aromatic rings. The third-order valence-electron chi connectivity index (χ3n) is 3.18. The van der Waals surface area contributed by atoms with E-state index in [2.05, 4.69) is 17.5 Å². The van der Waals surface area contributed by atoms with Gasteiger partial charge in [0.15, 0.2) is 0 Å². The van der Waals surface area contributed by atoms with Crippen LogP contribution >= 0.6 is 12.6 Å². The van der Waals surface area contributed by atoms with Gasteiger partial charge in [0.2, 0.25) is 0 Å². The summed E-state index contributed by atoms with van der Waals surface area (Å²) in [5.41, 5.74) is -0.254. The number of hydrogen-bond donors (Lipinski definition) is 1. The Kier molecular flexibility index (Phi) is 3.53. The third-order valence-corrected chi connectivity index (χ3v) is 3.28. The number of ether oxygens (including phenoxy) is 2. The van der Waals surface area contributed by atoms with Crippen molar-refractivity contribution < 1.29 is 14.3 Å². The van der Waals surface area contributed by atoms with E-state index in [0.29, 0.717) is 0 Å². The lowest BCUT2D eigenvalue weighted by Crippen LogP contribution is -2.53. The van der Waals surface area contributed by atoms with Crippen molar-refractivity contribution in [2.75, 3.05) is 32.8 Å². The molecule has 4 nitrogen and oxygen atoms in total. The van der Waals surface area contributed by atoms with Crippen LogP contribution in [-0.4, -0.2) is 48.7 Å². The van der Waals surface area contributed by atoms with Crippen LogP contribution in [0.2, 0.25) is 0 Å². The van der Waals surface area contributed by atoms with Gasteiger partial charge in [-0.25, -0.2) is 4.79 Å². The smallest absolute Gasteiger partial charge is 0.364 e. The summed E-state index contributed by atoms with van der Waals surface area (Å²) in [5.74, 6) is 0. The quantitative estimate of drug-likeness (QED) is 0.587. The molecule has 2 rings (SSSR count). The summed E-state index contributed by atoms with van der Waals surface area (Å²) in [6.45, 7) is 4.27. The molecule has 0 aromatic heterocycles. The number of rotatable bonds is 3. The van der Waals surface area contributed by atoms with E-state index in [9.17, 15) is 4.79 Å². The molecule has 1 aliphatic heterocycles. The van der Waals surface area contributed by atoms with Crippen LogP contribution in [0.15, 0.2) is 0 Å². The summed E-state index contributed by atoms with van der Waals surface area (Å²) >= 11 is 3.69. The Morgan fingerprint density at radius 2 is 2.07 bits per heavy atom. The fourth-order valence-electron chi connectivity index (χ4n) is 2.22. The predicted molar refractivity (Wildman–Crippen MR) is 59.3 cm³/mol. The molecule has 1 saturated carbocycles. The van der Waals surface area contributed by atoms with Gasteiger partial charge in [0.1, 0.15) is 5.60 Å². The van der Waals surface area contributed by atoms with Crippen molar-refractivity contribution in [1.29, 1.82) is 0 Å². The summed E-state index contributed by atoms with van der Waals surface area (Å²) in [5, 5.41) is -0.456. The van der Waals surface area contributed by atoms with Crippen molar-refractivity contribution in [3.05, 3.63) is 0 Å². The van der Waals surface area contributed by atoms with Crippen LogP contribution in [0.1, 0.15) is 19.3 Å². The zero-order valence-corrected chi connectivity index (χ0v) is 9.67. The molecule has 0 atom stereocenters. The lowest BCUT2D eigenvalue weighted by Gasteiger charge is -2.44. The monoisotopic (exact) mass is 231 g/mol. The highest BCUT2D eigenvalue weighted by atomic mass is 32.1. The number of thiol groups is 1. The molecule has 2 aliphatic rings. The number of nitrogens with zero attached hydrogens (tertiary/aromatic N) is 1. The first-order valence-electron chi connectivity index (χ1n) is 5.42. The normalized spacial score (nSPS) is 25.7. The minimum absolute atomic E-state index is 0.254. The number of hydrogen-bond acceptors (Lipinski definition) is 4. The maximum atomic E-state index is 10.9. The van der Waals surface area contributed by atoms with Crippen LogP contribution in [0, 0.1) is 0 Å². The molecule has 0 bridgehead atoms. The fraction of sp³-hybridized carbons (Fsp3) is 0.900. The molecular formula is C10H17NO3S. The Morgan fingerprint density at radius 1 is 1.40 bits per heavy atom. The third kappa shape index (κ3) is 2.86. The minimum Gasteiger partial charge on any atom is -0.450 e. The van der Waals surface area contributed by atoms with Gasteiger partial charge in [0.05, 0.1) is 13.2 Å². The van der Waals surface area contributed by atoms with Gasteiger partial charge in [-0.15, -0.1) is 0 Å². The molecule has 1 heterocycles. The van der Waals surface area contributed by atoms with Crippen molar-refractivity contribution in [3.63, 3.8) is 0 Å². The van der Waals surface area contributed by atoms with Gasteiger partial charge in [-0.3, -0.25) is 4.90 Å². The van der Waals surface area contributed by atoms with E-state index >= 15 is 0 Å². The predicted octanol–water partition coefficient (Wildman–Crippen LogP) is 1.31. The van der Waals surface area contributed by atoms with E-state index in [0.717, 1.165) is 52.1 Å². The Morgan fingerprint density at radius 3 is 2.53 bits per heavy atom. The average molecular weight is 231 g/mol. The first-order chi connectivity index (χ1) is 7.20. The zero-order chi connectivity index (χ0) is 10.7. The van der Waals surface area contributed by atoms with Crippen molar-refractivity contribution >= 4 is 17.9 Å². The Balaban J connectivity index is 1.86. The number of carbonyl (C=O) groups is 1. The first kappa shape index (κ1) is 11.2. The van der Waals surface area contributed by atoms with E-state index in [1.165, 1.54) is 0 Å². The summed E-state index contributed by atoms with van der Waals surface area (Å²) in [6.07, 6.45) is 3.08. The molecule has 1 saturated heterocycles.